The van der Waals surface area contributed by atoms with Crippen molar-refractivity contribution in [2.45, 2.75) is 78.6 Å². The fourth-order valence-corrected chi connectivity index (χ4v) is 4.78. The van der Waals surface area contributed by atoms with Crippen molar-refractivity contribution in [3.63, 3.8) is 0 Å². The molecule has 0 aromatic carbocycles. The van der Waals surface area contributed by atoms with E-state index in [1.807, 2.05) is 18.2 Å². The Kier molecular flexibility index (Phi) is 4.98. The van der Waals surface area contributed by atoms with Crippen LogP contribution in [0.5, 0.6) is 0 Å². The standard InChI is InChI=1S/C21H33N6OP/c1-19(2,3)16-10-13-25(22-16)29(28,26-14-11-17(23-26)20(4,5)6)27-15-12-18(24-27)21(7,8)9/h10-15H,1-9H3. The molecule has 0 radical (unpaired) electrons. The largest absolute Gasteiger partial charge is 0.418 e. The molecule has 0 aliphatic carbocycles. The Labute approximate surface area is 173 Å². The maximum atomic E-state index is 14.5. The minimum Gasteiger partial charge on any atom is -0.244 e. The Bertz CT molecular complexity index is 918. The van der Waals surface area contributed by atoms with Gasteiger partial charge in [-0.3, -0.25) is 0 Å². The molecule has 3 aromatic rings. The van der Waals surface area contributed by atoms with Gasteiger partial charge in [0.25, 0.3) is 0 Å². The van der Waals surface area contributed by atoms with Crippen LogP contribution in [0.1, 0.15) is 79.4 Å². The highest BCUT2D eigenvalue weighted by Gasteiger charge is 2.36. The van der Waals surface area contributed by atoms with Gasteiger partial charge < -0.3 is 0 Å². The molecular weight excluding hydrogens is 383 g/mol. The smallest absolute Gasteiger partial charge is 0.244 e. The first-order valence-electron chi connectivity index (χ1n) is 9.94. The highest BCUT2D eigenvalue weighted by Crippen LogP contribution is 2.49. The molecule has 0 aliphatic rings. The normalized spacial score (nSPS) is 13.8. The third kappa shape index (κ3) is 3.97. The fraction of sp³-hybridized carbons (Fsp3) is 0.571. The quantitative estimate of drug-likeness (QED) is 0.549. The molecule has 3 heterocycles. The Hall–Kier alpha value is -2.14. The summed E-state index contributed by atoms with van der Waals surface area (Å²) in [5.74, 6) is 0. The summed E-state index contributed by atoms with van der Waals surface area (Å²) in [5, 5.41) is 14.0. The summed E-state index contributed by atoms with van der Waals surface area (Å²) in [5.41, 5.74) is 2.13. The van der Waals surface area contributed by atoms with Crippen LogP contribution < -0.4 is 0 Å². The first-order chi connectivity index (χ1) is 13.1. The molecule has 7 nitrogen and oxygen atoms in total. The number of aromatic nitrogens is 6. The summed E-state index contributed by atoms with van der Waals surface area (Å²) >= 11 is 0. The zero-order chi connectivity index (χ0) is 21.8. The van der Waals surface area contributed by atoms with Crippen LogP contribution in [0.3, 0.4) is 0 Å². The summed E-state index contributed by atoms with van der Waals surface area (Å²) in [6.45, 7) is 18.8. The summed E-state index contributed by atoms with van der Waals surface area (Å²) in [7, 11) is -3.51. The van der Waals surface area contributed by atoms with Gasteiger partial charge in [-0.15, -0.1) is 0 Å². The molecule has 3 aromatic heterocycles. The van der Waals surface area contributed by atoms with E-state index in [9.17, 15) is 4.57 Å². The van der Waals surface area contributed by atoms with Crippen LogP contribution in [-0.4, -0.2) is 28.7 Å². The molecule has 0 saturated carbocycles. The average Bonchev–Trinajstić information content (AvgIpc) is 3.30. The van der Waals surface area contributed by atoms with Gasteiger partial charge in [0.05, 0.1) is 17.1 Å². The van der Waals surface area contributed by atoms with Crippen LogP contribution in [0.15, 0.2) is 36.8 Å². The average molecular weight is 417 g/mol. The van der Waals surface area contributed by atoms with Gasteiger partial charge in [0, 0.05) is 34.8 Å². The van der Waals surface area contributed by atoms with Crippen molar-refractivity contribution in [3.05, 3.63) is 53.9 Å². The number of hydrogen-bond acceptors (Lipinski definition) is 4. The molecule has 8 heteroatoms. The summed E-state index contributed by atoms with van der Waals surface area (Å²) in [6.07, 6.45) is 5.29. The first kappa shape index (κ1) is 21.6. The Morgan fingerprint density at radius 1 is 0.586 bits per heavy atom. The lowest BCUT2D eigenvalue weighted by atomic mass is 9.93. The van der Waals surface area contributed by atoms with Crippen molar-refractivity contribution in [1.82, 2.24) is 28.7 Å². The van der Waals surface area contributed by atoms with E-state index >= 15 is 0 Å². The Balaban J connectivity index is 2.22. The molecule has 0 spiro atoms. The van der Waals surface area contributed by atoms with Gasteiger partial charge in [0.15, 0.2) is 0 Å². The van der Waals surface area contributed by atoms with Crippen molar-refractivity contribution < 1.29 is 4.57 Å². The third-order valence-corrected chi connectivity index (χ3v) is 7.10. The summed E-state index contributed by atoms with van der Waals surface area (Å²) in [4.78, 5) is 0. The van der Waals surface area contributed by atoms with Crippen molar-refractivity contribution in [1.29, 1.82) is 0 Å². The second-order valence-corrected chi connectivity index (χ2v) is 12.9. The number of rotatable bonds is 3. The first-order valence-corrected chi connectivity index (χ1v) is 11.5. The highest BCUT2D eigenvalue weighted by atomic mass is 31.2. The Morgan fingerprint density at radius 3 is 1.00 bits per heavy atom. The predicted octanol–water partition coefficient (Wildman–Crippen LogP) is 5.22. The van der Waals surface area contributed by atoms with Crippen LogP contribution in [0.25, 0.3) is 0 Å². The molecule has 0 N–H and O–H groups in total. The van der Waals surface area contributed by atoms with E-state index in [2.05, 4.69) is 77.6 Å². The van der Waals surface area contributed by atoms with Crippen molar-refractivity contribution >= 4 is 7.59 Å². The van der Waals surface area contributed by atoms with E-state index in [1.54, 1.807) is 18.6 Å². The molecule has 29 heavy (non-hydrogen) atoms. The van der Waals surface area contributed by atoms with Crippen molar-refractivity contribution in [2.75, 3.05) is 0 Å². The number of nitrogens with zero attached hydrogens (tertiary/aromatic N) is 6. The van der Waals surface area contributed by atoms with Crippen LogP contribution >= 0.6 is 7.59 Å². The van der Waals surface area contributed by atoms with Gasteiger partial charge in [-0.1, -0.05) is 62.3 Å². The molecule has 0 unspecified atom stereocenters. The van der Waals surface area contributed by atoms with Gasteiger partial charge in [-0.2, -0.15) is 28.7 Å². The maximum absolute atomic E-state index is 14.5. The van der Waals surface area contributed by atoms with E-state index in [-0.39, 0.29) is 16.2 Å². The summed E-state index contributed by atoms with van der Waals surface area (Å²) < 4.78 is 19.1. The second-order valence-electron chi connectivity index (χ2n) is 10.6. The third-order valence-electron chi connectivity index (χ3n) is 4.83. The van der Waals surface area contributed by atoms with E-state index < -0.39 is 7.59 Å². The molecular formula is C21H33N6OP. The lowest BCUT2D eigenvalue weighted by molar-refractivity contribution is 0.514. The monoisotopic (exact) mass is 416 g/mol. The van der Waals surface area contributed by atoms with Crippen LogP contribution in [0, 0.1) is 0 Å². The minimum atomic E-state index is -3.51. The SMILES string of the molecule is CC(C)(C)c1ccn(P(=O)(n2ccc(C(C)(C)C)n2)n2ccc(C(C)(C)C)n2)n1. The lowest BCUT2D eigenvalue weighted by Gasteiger charge is -2.21. The molecule has 0 saturated heterocycles. The zero-order valence-electron chi connectivity index (χ0n) is 19.0. The van der Waals surface area contributed by atoms with E-state index in [0.717, 1.165) is 17.1 Å². The fourth-order valence-electron chi connectivity index (χ4n) is 2.86. The van der Waals surface area contributed by atoms with Crippen LogP contribution in [0.4, 0.5) is 0 Å². The molecule has 0 aliphatic heterocycles. The zero-order valence-corrected chi connectivity index (χ0v) is 19.9. The maximum Gasteiger partial charge on any atom is 0.418 e. The topological polar surface area (TPSA) is 70.5 Å². The van der Waals surface area contributed by atoms with Gasteiger partial charge in [0.2, 0.25) is 0 Å². The van der Waals surface area contributed by atoms with Gasteiger partial charge >= 0.3 is 7.59 Å². The molecule has 158 valence electrons. The number of hydrogen-bond donors (Lipinski definition) is 0. The van der Waals surface area contributed by atoms with Gasteiger partial charge in [-0.25, -0.2) is 4.57 Å². The van der Waals surface area contributed by atoms with Crippen molar-refractivity contribution in [3.8, 4) is 0 Å². The van der Waals surface area contributed by atoms with Crippen molar-refractivity contribution in [2.24, 2.45) is 0 Å². The highest BCUT2D eigenvalue weighted by molar-refractivity contribution is 7.58. The summed E-state index contributed by atoms with van der Waals surface area (Å²) in [6, 6.07) is 5.74. The molecule has 0 amide bonds. The van der Waals surface area contributed by atoms with Crippen LogP contribution in [-0.2, 0) is 20.8 Å². The Morgan fingerprint density at radius 2 is 0.828 bits per heavy atom. The molecule has 0 atom stereocenters. The second kappa shape index (κ2) is 6.69. The van der Waals surface area contributed by atoms with Gasteiger partial charge in [0.1, 0.15) is 0 Å². The van der Waals surface area contributed by atoms with E-state index in [4.69, 9.17) is 0 Å². The minimum absolute atomic E-state index is 0.155. The van der Waals surface area contributed by atoms with E-state index in [0.29, 0.717) is 0 Å². The van der Waals surface area contributed by atoms with Gasteiger partial charge in [-0.05, 0) is 18.2 Å². The lowest BCUT2D eigenvalue weighted by Crippen LogP contribution is -2.20. The molecule has 0 bridgehead atoms. The molecule has 3 rings (SSSR count). The van der Waals surface area contributed by atoms with Crippen LogP contribution in [0.2, 0.25) is 0 Å². The van der Waals surface area contributed by atoms with E-state index in [1.165, 1.54) is 13.4 Å². The molecule has 0 fully saturated rings. The predicted molar refractivity (Wildman–Crippen MR) is 117 cm³/mol.